The molecule has 1 aromatic carbocycles. The van der Waals surface area contributed by atoms with Gasteiger partial charge in [0.25, 0.3) is 5.91 Å². The Labute approximate surface area is 136 Å². The molecule has 114 valence electrons. The minimum Gasteiger partial charge on any atom is -0.464 e. The molecule has 22 heavy (non-hydrogen) atoms. The van der Waals surface area contributed by atoms with E-state index < -0.39 is 17.9 Å². The summed E-state index contributed by atoms with van der Waals surface area (Å²) in [6.45, 7) is 0.264. The van der Waals surface area contributed by atoms with Gasteiger partial charge in [0.2, 0.25) is 0 Å². The van der Waals surface area contributed by atoms with E-state index in [-0.39, 0.29) is 12.4 Å². The summed E-state index contributed by atoms with van der Waals surface area (Å²) in [5.74, 6) is -0.793. The minimum absolute atomic E-state index is 0.121. The molecular weight excluding hydrogens is 329 g/mol. The van der Waals surface area contributed by atoms with Crippen molar-refractivity contribution in [2.75, 3.05) is 11.5 Å². The molecule has 3 rings (SSSR count). The Morgan fingerprint density at radius 3 is 2.50 bits per heavy atom. The van der Waals surface area contributed by atoms with Crippen LogP contribution in [0.15, 0.2) is 41.0 Å². The second kappa shape index (κ2) is 6.02. The van der Waals surface area contributed by atoms with E-state index >= 15 is 0 Å². The van der Waals surface area contributed by atoms with Crippen LogP contribution < -0.4 is 4.90 Å². The van der Waals surface area contributed by atoms with Crippen LogP contribution in [-0.2, 0) is 9.53 Å². The highest BCUT2D eigenvalue weighted by molar-refractivity contribution is 6.35. The lowest BCUT2D eigenvalue weighted by Crippen LogP contribution is -2.43. The average Bonchev–Trinajstić information content (AvgIpc) is 3.10. The molecule has 2 heterocycles. The molecule has 0 saturated carbocycles. The van der Waals surface area contributed by atoms with Crippen LogP contribution in [0.5, 0.6) is 0 Å². The fourth-order valence-corrected chi connectivity index (χ4v) is 2.87. The smallest absolute Gasteiger partial charge is 0.329 e. The molecule has 1 unspecified atom stereocenters. The number of ether oxygens (including phenoxy) is 1. The fourth-order valence-electron chi connectivity index (χ4n) is 2.36. The predicted molar refractivity (Wildman–Crippen MR) is 81.3 cm³/mol. The molecule has 0 radical (unpaired) electrons. The average molecular weight is 340 g/mol. The Morgan fingerprint density at radius 1 is 1.23 bits per heavy atom. The maximum Gasteiger partial charge on any atom is 0.329 e. The molecule has 0 N–H and O–H groups in total. The standard InChI is InChI=1S/C15H11Cl2NO4/c16-9-6-10(17)8-11(7-9)18(12-3-5-22-15(12)20)14(19)13-2-1-4-21-13/h1-2,4,6-8,12H,3,5H2. The van der Waals surface area contributed by atoms with Gasteiger partial charge in [0.1, 0.15) is 6.04 Å². The monoisotopic (exact) mass is 339 g/mol. The number of carbonyl (C=O) groups excluding carboxylic acids is 2. The van der Waals surface area contributed by atoms with Crippen molar-refractivity contribution in [2.24, 2.45) is 0 Å². The van der Waals surface area contributed by atoms with Gasteiger partial charge in [0, 0.05) is 22.2 Å². The van der Waals surface area contributed by atoms with E-state index in [2.05, 4.69) is 0 Å². The molecule has 0 spiro atoms. The summed E-state index contributed by atoms with van der Waals surface area (Å²) < 4.78 is 10.1. The first-order valence-electron chi connectivity index (χ1n) is 6.56. The van der Waals surface area contributed by atoms with Gasteiger partial charge in [-0.15, -0.1) is 0 Å². The molecule has 1 amide bonds. The second-order valence-corrected chi connectivity index (χ2v) is 5.62. The zero-order valence-corrected chi connectivity index (χ0v) is 12.8. The summed E-state index contributed by atoms with van der Waals surface area (Å²) >= 11 is 12.0. The number of halogens is 2. The Balaban J connectivity index is 2.06. The van der Waals surface area contributed by atoms with E-state index in [9.17, 15) is 9.59 Å². The van der Waals surface area contributed by atoms with Gasteiger partial charge in [-0.05, 0) is 30.3 Å². The number of benzene rings is 1. The van der Waals surface area contributed by atoms with E-state index in [0.29, 0.717) is 22.2 Å². The molecule has 0 aliphatic carbocycles. The quantitative estimate of drug-likeness (QED) is 0.802. The number of rotatable bonds is 3. The molecule has 5 nitrogen and oxygen atoms in total. The predicted octanol–water partition coefficient (Wildman–Crippen LogP) is 3.55. The SMILES string of the molecule is O=C1OCCC1N(C(=O)c1ccco1)c1cc(Cl)cc(Cl)c1. The van der Waals surface area contributed by atoms with Gasteiger partial charge in [-0.25, -0.2) is 4.79 Å². The highest BCUT2D eigenvalue weighted by Crippen LogP contribution is 2.30. The summed E-state index contributed by atoms with van der Waals surface area (Å²) in [5, 5.41) is 0.734. The maximum absolute atomic E-state index is 12.7. The summed E-state index contributed by atoms with van der Waals surface area (Å²) in [6, 6.07) is 7.09. The van der Waals surface area contributed by atoms with Crippen molar-refractivity contribution in [2.45, 2.75) is 12.5 Å². The van der Waals surface area contributed by atoms with Crippen LogP contribution in [0.2, 0.25) is 10.0 Å². The van der Waals surface area contributed by atoms with Crippen molar-refractivity contribution in [1.82, 2.24) is 0 Å². The Morgan fingerprint density at radius 2 is 1.95 bits per heavy atom. The van der Waals surface area contributed by atoms with Crippen LogP contribution in [-0.4, -0.2) is 24.5 Å². The summed E-state index contributed by atoms with van der Waals surface area (Å²) in [6.07, 6.45) is 1.79. The van der Waals surface area contributed by atoms with Crippen molar-refractivity contribution in [3.8, 4) is 0 Å². The lowest BCUT2D eigenvalue weighted by molar-refractivity contribution is -0.139. The van der Waals surface area contributed by atoms with E-state index in [1.807, 2.05) is 0 Å². The summed E-state index contributed by atoms with van der Waals surface area (Å²) in [4.78, 5) is 25.9. The first-order valence-corrected chi connectivity index (χ1v) is 7.31. The summed E-state index contributed by atoms with van der Waals surface area (Å²) in [7, 11) is 0. The molecule has 1 fully saturated rings. The molecule has 0 bridgehead atoms. The third-order valence-corrected chi connectivity index (χ3v) is 3.73. The lowest BCUT2D eigenvalue weighted by Gasteiger charge is -2.26. The first kappa shape index (κ1) is 14.9. The zero-order valence-electron chi connectivity index (χ0n) is 11.3. The van der Waals surface area contributed by atoms with Gasteiger partial charge >= 0.3 is 5.97 Å². The maximum atomic E-state index is 12.7. The van der Waals surface area contributed by atoms with Crippen molar-refractivity contribution >= 4 is 40.8 Å². The molecule has 2 aromatic rings. The third-order valence-electron chi connectivity index (χ3n) is 3.30. The Bertz CT molecular complexity index is 694. The molecule has 1 aliphatic rings. The van der Waals surface area contributed by atoms with Crippen molar-refractivity contribution in [1.29, 1.82) is 0 Å². The molecule has 1 aromatic heterocycles. The second-order valence-electron chi connectivity index (χ2n) is 4.75. The van der Waals surface area contributed by atoms with Gasteiger partial charge in [0.15, 0.2) is 5.76 Å². The Hall–Kier alpha value is -1.98. The normalized spacial score (nSPS) is 17.4. The molecule has 1 saturated heterocycles. The van der Waals surface area contributed by atoms with Crippen molar-refractivity contribution in [3.63, 3.8) is 0 Å². The number of hydrogen-bond acceptors (Lipinski definition) is 4. The number of esters is 1. The van der Waals surface area contributed by atoms with E-state index in [4.69, 9.17) is 32.4 Å². The highest BCUT2D eigenvalue weighted by atomic mass is 35.5. The van der Waals surface area contributed by atoms with E-state index in [1.165, 1.54) is 17.2 Å². The third kappa shape index (κ3) is 2.82. The van der Waals surface area contributed by atoms with Crippen LogP contribution in [0.1, 0.15) is 17.0 Å². The molecule has 1 aliphatic heterocycles. The largest absolute Gasteiger partial charge is 0.464 e. The lowest BCUT2D eigenvalue weighted by atomic mass is 10.1. The number of amides is 1. The molecular formula is C15H11Cl2NO4. The summed E-state index contributed by atoms with van der Waals surface area (Å²) in [5.41, 5.74) is 0.419. The van der Waals surface area contributed by atoms with E-state index in [0.717, 1.165) is 0 Å². The van der Waals surface area contributed by atoms with Gasteiger partial charge in [-0.2, -0.15) is 0 Å². The van der Waals surface area contributed by atoms with Crippen LogP contribution in [0.3, 0.4) is 0 Å². The van der Waals surface area contributed by atoms with Gasteiger partial charge in [-0.1, -0.05) is 23.2 Å². The number of hydrogen-bond donors (Lipinski definition) is 0. The Kier molecular flexibility index (Phi) is 4.09. The van der Waals surface area contributed by atoms with Gasteiger partial charge in [-0.3, -0.25) is 9.69 Å². The first-order chi connectivity index (χ1) is 10.6. The van der Waals surface area contributed by atoms with Crippen LogP contribution >= 0.6 is 23.2 Å². The minimum atomic E-state index is -0.730. The number of carbonyl (C=O) groups is 2. The fraction of sp³-hybridized carbons (Fsp3) is 0.200. The number of nitrogens with zero attached hydrogens (tertiary/aromatic N) is 1. The topological polar surface area (TPSA) is 59.8 Å². The molecule has 1 atom stereocenters. The number of anilines is 1. The zero-order chi connectivity index (χ0) is 15.7. The van der Waals surface area contributed by atoms with Gasteiger partial charge < -0.3 is 9.15 Å². The van der Waals surface area contributed by atoms with Gasteiger partial charge in [0.05, 0.1) is 12.9 Å². The molecule has 7 heteroatoms. The van der Waals surface area contributed by atoms with Crippen molar-refractivity contribution < 1.29 is 18.7 Å². The van der Waals surface area contributed by atoms with Crippen LogP contribution in [0, 0.1) is 0 Å². The van der Waals surface area contributed by atoms with Crippen LogP contribution in [0.25, 0.3) is 0 Å². The van der Waals surface area contributed by atoms with Crippen molar-refractivity contribution in [3.05, 3.63) is 52.4 Å². The number of furan rings is 1. The van der Waals surface area contributed by atoms with Crippen LogP contribution in [0.4, 0.5) is 5.69 Å². The highest BCUT2D eigenvalue weighted by Gasteiger charge is 2.37. The number of cyclic esters (lactones) is 1. The van der Waals surface area contributed by atoms with E-state index in [1.54, 1.807) is 24.3 Å².